The van der Waals surface area contributed by atoms with Crippen molar-refractivity contribution in [3.05, 3.63) is 72.6 Å². The Balaban J connectivity index is 1.85. The van der Waals surface area contributed by atoms with Crippen LogP contribution >= 0.6 is 0 Å². The quantitative estimate of drug-likeness (QED) is 0.560. The molecule has 0 saturated carbocycles. The third kappa shape index (κ3) is 2.55. The lowest BCUT2D eigenvalue weighted by Crippen LogP contribution is -1.96. The summed E-state index contributed by atoms with van der Waals surface area (Å²) in [5.41, 5.74) is 4.60. The fourth-order valence-corrected chi connectivity index (χ4v) is 2.53. The standard InChI is InChI=1S/C19H14N4/c1-13-9-10-16(22-17(13)14-6-3-2-4-7-14)19-21-12-15-8-5-11-20-18(15)23-19/h2-12H,1H3. The SMILES string of the molecule is Cc1ccc(-c2ncc3cccnc3n2)nc1-c1ccccc1. The molecule has 0 bridgehead atoms. The summed E-state index contributed by atoms with van der Waals surface area (Å²) in [6.45, 7) is 2.06. The number of nitrogens with zero attached hydrogens (tertiary/aromatic N) is 4. The second kappa shape index (κ2) is 5.57. The minimum Gasteiger partial charge on any atom is -0.244 e. The number of hydrogen-bond acceptors (Lipinski definition) is 4. The Hall–Kier alpha value is -3.14. The minimum absolute atomic E-state index is 0.591. The molecule has 0 aliphatic carbocycles. The second-order valence-corrected chi connectivity index (χ2v) is 5.34. The Labute approximate surface area is 133 Å². The van der Waals surface area contributed by atoms with Crippen LogP contribution in [0.3, 0.4) is 0 Å². The van der Waals surface area contributed by atoms with Crippen molar-refractivity contribution in [1.82, 2.24) is 19.9 Å². The van der Waals surface area contributed by atoms with Crippen molar-refractivity contribution in [2.75, 3.05) is 0 Å². The highest BCUT2D eigenvalue weighted by atomic mass is 15.0. The van der Waals surface area contributed by atoms with E-state index >= 15 is 0 Å². The fraction of sp³-hybridized carbons (Fsp3) is 0.0526. The van der Waals surface area contributed by atoms with Gasteiger partial charge in [-0.1, -0.05) is 36.4 Å². The number of rotatable bonds is 2. The molecule has 4 nitrogen and oxygen atoms in total. The fourth-order valence-electron chi connectivity index (χ4n) is 2.53. The molecule has 0 fully saturated rings. The molecule has 3 aromatic heterocycles. The number of hydrogen-bond donors (Lipinski definition) is 0. The molecule has 0 radical (unpaired) electrons. The van der Waals surface area contributed by atoms with Gasteiger partial charge in [0.2, 0.25) is 0 Å². The molecule has 0 aliphatic rings. The van der Waals surface area contributed by atoms with Gasteiger partial charge in [-0.15, -0.1) is 0 Å². The summed E-state index contributed by atoms with van der Waals surface area (Å²) in [5.74, 6) is 0.591. The van der Waals surface area contributed by atoms with Crippen LogP contribution in [0.1, 0.15) is 5.56 Å². The average molecular weight is 298 g/mol. The van der Waals surface area contributed by atoms with Gasteiger partial charge in [-0.25, -0.2) is 19.9 Å². The summed E-state index contributed by atoms with van der Waals surface area (Å²) in [7, 11) is 0. The first-order chi connectivity index (χ1) is 11.3. The van der Waals surface area contributed by atoms with Gasteiger partial charge in [0.15, 0.2) is 11.5 Å². The summed E-state index contributed by atoms with van der Waals surface area (Å²) >= 11 is 0. The number of aromatic nitrogens is 4. The molecule has 3 heterocycles. The predicted octanol–water partition coefficient (Wildman–Crippen LogP) is 4.06. The van der Waals surface area contributed by atoms with E-state index in [1.165, 1.54) is 0 Å². The summed E-state index contributed by atoms with van der Waals surface area (Å²) in [4.78, 5) is 18.0. The molecule has 4 rings (SSSR count). The topological polar surface area (TPSA) is 51.6 Å². The first kappa shape index (κ1) is 13.5. The van der Waals surface area contributed by atoms with Crippen LogP contribution in [0.25, 0.3) is 33.8 Å². The van der Waals surface area contributed by atoms with E-state index in [1.807, 2.05) is 36.4 Å². The van der Waals surface area contributed by atoms with Crippen LogP contribution in [0.15, 0.2) is 67.0 Å². The normalized spacial score (nSPS) is 10.8. The highest BCUT2D eigenvalue weighted by Gasteiger charge is 2.09. The molecule has 1 aromatic carbocycles. The maximum atomic E-state index is 4.77. The van der Waals surface area contributed by atoms with Crippen LogP contribution in [0.4, 0.5) is 0 Å². The molecule has 0 aliphatic heterocycles. The number of aryl methyl sites for hydroxylation is 1. The van der Waals surface area contributed by atoms with Gasteiger partial charge >= 0.3 is 0 Å². The number of fused-ring (bicyclic) bond motifs is 1. The molecule has 0 atom stereocenters. The van der Waals surface area contributed by atoms with Gasteiger partial charge in [0.25, 0.3) is 0 Å². The van der Waals surface area contributed by atoms with Crippen molar-refractivity contribution in [3.8, 4) is 22.8 Å². The highest BCUT2D eigenvalue weighted by molar-refractivity contribution is 5.75. The zero-order valence-electron chi connectivity index (χ0n) is 12.6. The van der Waals surface area contributed by atoms with Crippen molar-refractivity contribution >= 4 is 11.0 Å². The third-order valence-corrected chi connectivity index (χ3v) is 3.73. The Morgan fingerprint density at radius 1 is 0.783 bits per heavy atom. The van der Waals surface area contributed by atoms with Gasteiger partial charge in [-0.2, -0.15) is 0 Å². The molecular formula is C19H14N4. The van der Waals surface area contributed by atoms with E-state index in [1.54, 1.807) is 12.4 Å². The monoisotopic (exact) mass is 298 g/mol. The molecule has 0 N–H and O–H groups in total. The Bertz CT molecular complexity index is 981. The Kier molecular flexibility index (Phi) is 3.27. The first-order valence-electron chi connectivity index (χ1n) is 7.42. The Morgan fingerprint density at radius 3 is 2.52 bits per heavy atom. The largest absolute Gasteiger partial charge is 0.244 e. The molecule has 0 amide bonds. The zero-order valence-corrected chi connectivity index (χ0v) is 12.6. The van der Waals surface area contributed by atoms with E-state index in [-0.39, 0.29) is 0 Å². The van der Waals surface area contributed by atoms with Gasteiger partial charge < -0.3 is 0 Å². The lowest BCUT2D eigenvalue weighted by Gasteiger charge is -2.08. The van der Waals surface area contributed by atoms with Gasteiger partial charge in [-0.05, 0) is 30.7 Å². The van der Waals surface area contributed by atoms with E-state index in [9.17, 15) is 0 Å². The van der Waals surface area contributed by atoms with Crippen LogP contribution in [-0.2, 0) is 0 Å². The molecule has 0 spiro atoms. The van der Waals surface area contributed by atoms with Crippen molar-refractivity contribution < 1.29 is 0 Å². The van der Waals surface area contributed by atoms with E-state index in [2.05, 4.69) is 40.1 Å². The zero-order chi connectivity index (χ0) is 15.6. The smallest absolute Gasteiger partial charge is 0.180 e. The molecule has 23 heavy (non-hydrogen) atoms. The van der Waals surface area contributed by atoms with Crippen LogP contribution in [0, 0.1) is 6.92 Å². The van der Waals surface area contributed by atoms with E-state index in [0.717, 1.165) is 27.9 Å². The second-order valence-electron chi connectivity index (χ2n) is 5.34. The van der Waals surface area contributed by atoms with Crippen LogP contribution < -0.4 is 0 Å². The van der Waals surface area contributed by atoms with Crippen molar-refractivity contribution in [2.45, 2.75) is 6.92 Å². The Morgan fingerprint density at radius 2 is 1.65 bits per heavy atom. The lowest BCUT2D eigenvalue weighted by molar-refractivity contribution is 1.15. The third-order valence-electron chi connectivity index (χ3n) is 3.73. The molecular weight excluding hydrogens is 284 g/mol. The van der Waals surface area contributed by atoms with Crippen molar-refractivity contribution in [2.24, 2.45) is 0 Å². The predicted molar refractivity (Wildman–Crippen MR) is 90.7 cm³/mol. The van der Waals surface area contributed by atoms with E-state index < -0.39 is 0 Å². The van der Waals surface area contributed by atoms with E-state index in [0.29, 0.717) is 11.5 Å². The summed E-state index contributed by atoms with van der Waals surface area (Å²) in [5, 5.41) is 0.923. The first-order valence-corrected chi connectivity index (χ1v) is 7.42. The molecule has 4 aromatic rings. The average Bonchev–Trinajstić information content (AvgIpc) is 2.62. The maximum absolute atomic E-state index is 4.77. The number of pyridine rings is 2. The highest BCUT2D eigenvalue weighted by Crippen LogP contribution is 2.24. The van der Waals surface area contributed by atoms with Gasteiger partial charge in [0.05, 0.1) is 5.69 Å². The van der Waals surface area contributed by atoms with Crippen LogP contribution in [0.2, 0.25) is 0 Å². The molecule has 4 heteroatoms. The molecule has 110 valence electrons. The minimum atomic E-state index is 0.591. The summed E-state index contributed by atoms with van der Waals surface area (Å²) < 4.78 is 0. The van der Waals surface area contributed by atoms with E-state index in [4.69, 9.17) is 4.98 Å². The van der Waals surface area contributed by atoms with Crippen molar-refractivity contribution in [3.63, 3.8) is 0 Å². The van der Waals surface area contributed by atoms with Gasteiger partial charge in [0.1, 0.15) is 5.69 Å². The van der Waals surface area contributed by atoms with Gasteiger partial charge in [-0.3, -0.25) is 0 Å². The number of benzene rings is 1. The van der Waals surface area contributed by atoms with Crippen LogP contribution in [0.5, 0.6) is 0 Å². The van der Waals surface area contributed by atoms with Crippen LogP contribution in [-0.4, -0.2) is 19.9 Å². The summed E-state index contributed by atoms with van der Waals surface area (Å²) in [6, 6.07) is 18.0. The van der Waals surface area contributed by atoms with Crippen molar-refractivity contribution in [1.29, 1.82) is 0 Å². The molecule has 0 saturated heterocycles. The summed E-state index contributed by atoms with van der Waals surface area (Å²) in [6.07, 6.45) is 3.52. The lowest BCUT2D eigenvalue weighted by atomic mass is 10.1. The molecule has 0 unspecified atom stereocenters. The van der Waals surface area contributed by atoms with Gasteiger partial charge in [0, 0.05) is 23.3 Å². The maximum Gasteiger partial charge on any atom is 0.180 e.